The van der Waals surface area contributed by atoms with Gasteiger partial charge in [0.1, 0.15) is 5.56 Å². The zero-order valence-electron chi connectivity index (χ0n) is 22.6. The van der Waals surface area contributed by atoms with Gasteiger partial charge in [0.25, 0.3) is 11.8 Å². The second kappa shape index (κ2) is 12.5. The van der Waals surface area contributed by atoms with E-state index < -0.39 is 18.4 Å². The van der Waals surface area contributed by atoms with Crippen LogP contribution in [0.3, 0.4) is 0 Å². The highest BCUT2D eigenvalue weighted by molar-refractivity contribution is 7.98. The maximum atomic E-state index is 13.7. The number of nitrogens with zero attached hydrogens (tertiary/aromatic N) is 5. The molecule has 40 heavy (non-hydrogen) atoms. The van der Waals surface area contributed by atoms with Crippen LogP contribution in [0.4, 0.5) is 8.78 Å². The average molecular weight is 572 g/mol. The van der Waals surface area contributed by atoms with Crippen molar-refractivity contribution in [3.63, 3.8) is 0 Å². The fourth-order valence-electron chi connectivity index (χ4n) is 4.28. The molecule has 0 unspecified atom stereocenters. The molecule has 2 amide bonds. The lowest BCUT2D eigenvalue weighted by Gasteiger charge is -2.20. The number of ether oxygens (including phenoxy) is 1. The van der Waals surface area contributed by atoms with Crippen LogP contribution in [-0.2, 0) is 7.05 Å². The summed E-state index contributed by atoms with van der Waals surface area (Å²) in [7, 11) is 1.73. The van der Waals surface area contributed by atoms with E-state index in [1.54, 1.807) is 47.9 Å². The standard InChI is InChI=1S/C27H31F2N7O3S/c1-5-18(9-6-15(2)39-26-20(23(30)37)12-17-14-31-35(3)24(17)33-26)32-25(38)21-13-22(36(34-21)27(28)29)16-7-10-19(40-4)11-8-16/h7-8,10-15,18,27H,5-6,9H2,1-4H3,(H2,30,37)(H,32,38)/t15-,18-/m0/s1. The fraction of sp³-hybridized carbons (Fsp3) is 0.370. The van der Waals surface area contributed by atoms with Crippen LogP contribution < -0.4 is 15.8 Å². The van der Waals surface area contributed by atoms with Gasteiger partial charge in [0.15, 0.2) is 11.3 Å². The number of benzene rings is 1. The highest BCUT2D eigenvalue weighted by atomic mass is 32.2. The third-order valence-corrected chi connectivity index (χ3v) is 7.28. The molecule has 3 N–H and O–H groups in total. The topological polar surface area (TPSA) is 130 Å². The van der Waals surface area contributed by atoms with Crippen LogP contribution in [0, 0.1) is 0 Å². The van der Waals surface area contributed by atoms with Crippen molar-refractivity contribution >= 4 is 34.6 Å². The molecule has 1 aromatic carbocycles. The molecule has 4 aromatic rings. The van der Waals surface area contributed by atoms with Gasteiger partial charge < -0.3 is 15.8 Å². The molecule has 0 saturated heterocycles. The number of pyridine rings is 1. The molecule has 0 spiro atoms. The summed E-state index contributed by atoms with van der Waals surface area (Å²) in [6.45, 7) is 0.838. The minimum Gasteiger partial charge on any atom is -0.474 e. The summed E-state index contributed by atoms with van der Waals surface area (Å²) in [5.74, 6) is -1.09. The molecule has 0 fully saturated rings. The predicted octanol–water partition coefficient (Wildman–Crippen LogP) is 4.80. The summed E-state index contributed by atoms with van der Waals surface area (Å²) >= 11 is 1.54. The Morgan fingerprint density at radius 3 is 2.52 bits per heavy atom. The number of hydrogen-bond acceptors (Lipinski definition) is 7. The molecule has 0 aliphatic heterocycles. The first-order valence-electron chi connectivity index (χ1n) is 12.7. The van der Waals surface area contributed by atoms with Crippen LogP contribution in [0.1, 0.15) is 60.5 Å². The summed E-state index contributed by atoms with van der Waals surface area (Å²) in [4.78, 5) is 30.4. The number of halogens is 2. The molecule has 0 aliphatic carbocycles. The zero-order chi connectivity index (χ0) is 29.0. The number of fused-ring (bicyclic) bond motifs is 1. The predicted molar refractivity (Wildman–Crippen MR) is 149 cm³/mol. The molecule has 2 atom stereocenters. The van der Waals surface area contributed by atoms with E-state index in [2.05, 4.69) is 20.5 Å². The quantitative estimate of drug-likeness (QED) is 0.234. The first-order valence-corrected chi connectivity index (χ1v) is 14.0. The number of amides is 2. The zero-order valence-corrected chi connectivity index (χ0v) is 23.4. The highest BCUT2D eigenvalue weighted by Crippen LogP contribution is 2.28. The number of carbonyl (C=O) groups is 2. The second-order valence-corrected chi connectivity index (χ2v) is 10.2. The van der Waals surface area contributed by atoms with E-state index >= 15 is 0 Å². The highest BCUT2D eigenvalue weighted by Gasteiger charge is 2.23. The van der Waals surface area contributed by atoms with Crippen molar-refractivity contribution < 1.29 is 23.1 Å². The Kier molecular flexibility index (Phi) is 9.03. The largest absolute Gasteiger partial charge is 0.474 e. The smallest absolute Gasteiger partial charge is 0.333 e. The second-order valence-electron chi connectivity index (χ2n) is 9.34. The van der Waals surface area contributed by atoms with Crippen LogP contribution in [0.5, 0.6) is 5.88 Å². The molecule has 4 rings (SSSR count). The number of alkyl halides is 2. The van der Waals surface area contributed by atoms with E-state index in [0.717, 1.165) is 4.90 Å². The van der Waals surface area contributed by atoms with E-state index in [0.29, 0.717) is 40.5 Å². The maximum Gasteiger partial charge on any atom is 0.333 e. The number of aryl methyl sites for hydroxylation is 1. The Morgan fingerprint density at radius 1 is 1.18 bits per heavy atom. The fourth-order valence-corrected chi connectivity index (χ4v) is 4.69. The Morgan fingerprint density at radius 2 is 1.90 bits per heavy atom. The molecule has 0 radical (unpaired) electrons. The summed E-state index contributed by atoms with van der Waals surface area (Å²) in [5, 5.41) is 11.6. The van der Waals surface area contributed by atoms with Gasteiger partial charge in [-0.25, -0.2) is 4.68 Å². The number of primary amides is 1. The van der Waals surface area contributed by atoms with Gasteiger partial charge in [-0.2, -0.15) is 24.0 Å². The number of nitrogens with two attached hydrogens (primary N) is 1. The van der Waals surface area contributed by atoms with Gasteiger partial charge in [0.05, 0.1) is 18.0 Å². The molecular weight excluding hydrogens is 540 g/mol. The molecule has 0 bridgehead atoms. The number of aromatic nitrogens is 5. The van der Waals surface area contributed by atoms with Crippen molar-refractivity contribution in [2.24, 2.45) is 12.8 Å². The van der Waals surface area contributed by atoms with Crippen LogP contribution in [0.25, 0.3) is 22.3 Å². The van der Waals surface area contributed by atoms with Crippen LogP contribution >= 0.6 is 11.8 Å². The first-order chi connectivity index (χ1) is 19.1. The molecule has 0 aliphatic rings. The molecule has 13 heteroatoms. The summed E-state index contributed by atoms with van der Waals surface area (Å²) in [5.41, 5.74) is 6.84. The number of hydrogen-bond donors (Lipinski definition) is 2. The molecule has 10 nitrogen and oxygen atoms in total. The minimum atomic E-state index is -2.90. The Bertz CT molecular complexity index is 1500. The van der Waals surface area contributed by atoms with Gasteiger partial charge in [-0.05, 0) is 56.7 Å². The Balaban J connectivity index is 1.42. The monoisotopic (exact) mass is 571 g/mol. The van der Waals surface area contributed by atoms with Gasteiger partial charge in [0.2, 0.25) is 5.88 Å². The van der Waals surface area contributed by atoms with Gasteiger partial charge in [-0.3, -0.25) is 14.3 Å². The number of nitrogens with one attached hydrogen (secondary N) is 1. The first kappa shape index (κ1) is 29.0. The molecule has 212 valence electrons. The lowest BCUT2D eigenvalue weighted by Crippen LogP contribution is -2.35. The molecule has 3 heterocycles. The third kappa shape index (κ3) is 6.41. The van der Waals surface area contributed by atoms with Crippen LogP contribution in [0.2, 0.25) is 0 Å². The van der Waals surface area contributed by atoms with Crippen molar-refractivity contribution in [3.05, 3.63) is 53.9 Å². The average Bonchev–Trinajstić information content (AvgIpc) is 3.55. The van der Waals surface area contributed by atoms with Crippen molar-refractivity contribution in [1.82, 2.24) is 29.9 Å². The maximum absolute atomic E-state index is 13.7. The number of thioether (sulfide) groups is 1. The van der Waals surface area contributed by atoms with Crippen molar-refractivity contribution in [2.75, 3.05) is 6.26 Å². The number of carbonyl (C=O) groups excluding carboxylic acids is 2. The summed E-state index contributed by atoms with van der Waals surface area (Å²) < 4.78 is 35.6. The van der Waals surface area contributed by atoms with E-state index in [1.807, 2.05) is 32.2 Å². The lowest BCUT2D eigenvalue weighted by atomic mass is 10.1. The molecular formula is C27H31F2N7O3S. The third-order valence-electron chi connectivity index (χ3n) is 6.54. The van der Waals surface area contributed by atoms with E-state index in [9.17, 15) is 18.4 Å². The molecule has 3 aromatic heterocycles. The number of rotatable bonds is 12. The van der Waals surface area contributed by atoms with Crippen LogP contribution in [-0.4, -0.2) is 54.8 Å². The van der Waals surface area contributed by atoms with Crippen molar-refractivity contribution in [1.29, 1.82) is 0 Å². The van der Waals surface area contributed by atoms with Gasteiger partial charge in [-0.15, -0.1) is 11.8 Å². The SMILES string of the molecule is CC[C@@H](CC[C@H](C)Oc1nc2c(cnn2C)cc1C(N)=O)NC(=O)c1cc(-c2ccc(SC)cc2)n(C(F)F)n1. The van der Waals surface area contributed by atoms with Gasteiger partial charge in [-0.1, -0.05) is 19.1 Å². The van der Waals surface area contributed by atoms with Gasteiger partial charge >= 0.3 is 6.55 Å². The summed E-state index contributed by atoms with van der Waals surface area (Å²) in [6.07, 6.45) is 4.79. The normalized spacial score (nSPS) is 13.0. The van der Waals surface area contributed by atoms with Gasteiger partial charge in [0, 0.05) is 28.9 Å². The van der Waals surface area contributed by atoms with Crippen LogP contribution in [0.15, 0.2) is 47.5 Å². The lowest BCUT2D eigenvalue weighted by molar-refractivity contribution is 0.0578. The molecule has 0 saturated carbocycles. The Hall–Kier alpha value is -4.00. The van der Waals surface area contributed by atoms with Crippen molar-refractivity contribution in [3.8, 4) is 17.1 Å². The minimum absolute atomic E-state index is 0.0910. The van der Waals surface area contributed by atoms with E-state index in [1.165, 1.54) is 6.07 Å². The Labute approximate surface area is 234 Å². The summed E-state index contributed by atoms with van der Waals surface area (Å²) in [6, 6.07) is 9.82. The van der Waals surface area contributed by atoms with E-state index in [4.69, 9.17) is 10.5 Å². The van der Waals surface area contributed by atoms with E-state index in [-0.39, 0.29) is 35.0 Å². The van der Waals surface area contributed by atoms with Crippen molar-refractivity contribution in [2.45, 2.75) is 56.7 Å².